The van der Waals surface area contributed by atoms with E-state index in [0.29, 0.717) is 18.8 Å². The van der Waals surface area contributed by atoms with E-state index in [4.69, 9.17) is 10.5 Å². The Labute approximate surface area is 97.7 Å². The first-order valence-corrected chi connectivity index (χ1v) is 5.72. The molecule has 0 amide bonds. The van der Waals surface area contributed by atoms with Crippen molar-refractivity contribution < 1.29 is 9.13 Å². The van der Waals surface area contributed by atoms with Gasteiger partial charge in [-0.1, -0.05) is 22.9 Å². The molecule has 0 saturated carbocycles. The maximum absolute atomic E-state index is 13.4. The van der Waals surface area contributed by atoms with E-state index in [2.05, 4.69) is 15.9 Å². The van der Waals surface area contributed by atoms with E-state index >= 15 is 0 Å². The van der Waals surface area contributed by atoms with E-state index < -0.39 is 6.04 Å². The fourth-order valence-corrected chi connectivity index (χ4v) is 1.62. The summed E-state index contributed by atoms with van der Waals surface area (Å²) in [4.78, 5) is 0. The zero-order valence-electron chi connectivity index (χ0n) is 8.67. The molecule has 1 atom stereocenters. The Balaban J connectivity index is 2.64. The number of ether oxygens (including phenoxy) is 1. The summed E-state index contributed by atoms with van der Waals surface area (Å²) in [7, 11) is 0. The second-order valence-electron chi connectivity index (χ2n) is 3.35. The number of halogens is 2. The molecule has 0 bridgehead atoms. The van der Waals surface area contributed by atoms with Crippen molar-refractivity contribution in [2.45, 2.75) is 19.4 Å². The van der Waals surface area contributed by atoms with E-state index in [1.54, 1.807) is 12.1 Å². The Bertz CT molecular complexity index is 319. The number of rotatable bonds is 5. The van der Waals surface area contributed by atoms with E-state index in [-0.39, 0.29) is 5.82 Å². The molecule has 0 radical (unpaired) electrons. The Hall–Kier alpha value is -0.450. The summed E-state index contributed by atoms with van der Waals surface area (Å²) in [6, 6.07) is 4.33. The smallest absolute Gasteiger partial charge is 0.128 e. The standard InChI is InChI=1S/C11H15BrFNO/c1-2-5-15-7-11(14)9-6-8(12)3-4-10(9)13/h3-4,6,11H,2,5,7,14H2,1H3. The lowest BCUT2D eigenvalue weighted by molar-refractivity contribution is 0.121. The lowest BCUT2D eigenvalue weighted by Crippen LogP contribution is -2.18. The quantitative estimate of drug-likeness (QED) is 0.839. The van der Waals surface area contributed by atoms with Gasteiger partial charge in [-0.2, -0.15) is 0 Å². The Morgan fingerprint density at radius 3 is 2.93 bits per heavy atom. The summed E-state index contributed by atoms with van der Waals surface area (Å²) in [5, 5.41) is 0. The minimum atomic E-state index is -0.408. The maximum Gasteiger partial charge on any atom is 0.128 e. The van der Waals surface area contributed by atoms with Crippen molar-refractivity contribution in [3.05, 3.63) is 34.1 Å². The largest absolute Gasteiger partial charge is 0.379 e. The van der Waals surface area contributed by atoms with Crippen molar-refractivity contribution >= 4 is 15.9 Å². The molecule has 0 aromatic heterocycles. The number of benzene rings is 1. The lowest BCUT2D eigenvalue weighted by atomic mass is 10.1. The van der Waals surface area contributed by atoms with Gasteiger partial charge in [-0.3, -0.25) is 0 Å². The van der Waals surface area contributed by atoms with Gasteiger partial charge in [0.1, 0.15) is 5.82 Å². The van der Waals surface area contributed by atoms with Gasteiger partial charge < -0.3 is 10.5 Å². The van der Waals surface area contributed by atoms with Crippen LogP contribution in [0.5, 0.6) is 0 Å². The highest BCUT2D eigenvalue weighted by Crippen LogP contribution is 2.20. The van der Waals surface area contributed by atoms with Crippen LogP contribution in [-0.4, -0.2) is 13.2 Å². The zero-order chi connectivity index (χ0) is 11.3. The molecule has 0 spiro atoms. The first-order valence-electron chi connectivity index (χ1n) is 4.93. The molecular formula is C11H15BrFNO. The van der Waals surface area contributed by atoms with Crippen molar-refractivity contribution in [2.24, 2.45) is 5.73 Å². The van der Waals surface area contributed by atoms with Gasteiger partial charge in [0.2, 0.25) is 0 Å². The van der Waals surface area contributed by atoms with Crippen LogP contribution < -0.4 is 5.73 Å². The van der Waals surface area contributed by atoms with Crippen LogP contribution in [0.3, 0.4) is 0 Å². The highest BCUT2D eigenvalue weighted by atomic mass is 79.9. The highest BCUT2D eigenvalue weighted by Gasteiger charge is 2.11. The number of nitrogens with two attached hydrogens (primary N) is 1. The van der Waals surface area contributed by atoms with Crippen molar-refractivity contribution in [2.75, 3.05) is 13.2 Å². The third kappa shape index (κ3) is 3.89. The van der Waals surface area contributed by atoms with Crippen LogP contribution in [0.25, 0.3) is 0 Å². The van der Waals surface area contributed by atoms with Crippen molar-refractivity contribution in [1.29, 1.82) is 0 Å². The fourth-order valence-electron chi connectivity index (χ4n) is 1.24. The molecule has 0 fully saturated rings. The van der Waals surface area contributed by atoms with E-state index in [9.17, 15) is 4.39 Å². The molecule has 1 aromatic carbocycles. The average Bonchev–Trinajstić information content (AvgIpc) is 2.22. The predicted molar refractivity (Wildman–Crippen MR) is 62.1 cm³/mol. The van der Waals surface area contributed by atoms with Crippen LogP contribution in [0, 0.1) is 5.82 Å². The molecule has 1 rings (SSSR count). The van der Waals surface area contributed by atoms with Crippen LogP contribution in [0.15, 0.2) is 22.7 Å². The van der Waals surface area contributed by atoms with Crippen LogP contribution in [0.1, 0.15) is 24.9 Å². The third-order valence-electron chi connectivity index (χ3n) is 2.00. The predicted octanol–water partition coefficient (Wildman–Crippen LogP) is 3.01. The van der Waals surface area contributed by atoms with Gasteiger partial charge in [0.25, 0.3) is 0 Å². The molecule has 2 nitrogen and oxygen atoms in total. The molecule has 0 saturated heterocycles. The molecule has 84 valence electrons. The molecule has 1 unspecified atom stereocenters. The minimum Gasteiger partial charge on any atom is -0.379 e. The van der Waals surface area contributed by atoms with Crippen molar-refractivity contribution in [3.63, 3.8) is 0 Å². The molecule has 0 aliphatic heterocycles. The Kier molecular flexibility index (Phi) is 5.22. The van der Waals surface area contributed by atoms with E-state index in [0.717, 1.165) is 10.9 Å². The molecule has 2 N–H and O–H groups in total. The highest BCUT2D eigenvalue weighted by molar-refractivity contribution is 9.10. The van der Waals surface area contributed by atoms with Crippen LogP contribution >= 0.6 is 15.9 Å². The molecule has 4 heteroatoms. The van der Waals surface area contributed by atoms with Crippen molar-refractivity contribution in [3.8, 4) is 0 Å². The Morgan fingerprint density at radius 1 is 1.53 bits per heavy atom. The second kappa shape index (κ2) is 6.20. The van der Waals surface area contributed by atoms with Gasteiger partial charge in [-0.05, 0) is 24.6 Å². The first kappa shape index (κ1) is 12.6. The monoisotopic (exact) mass is 275 g/mol. The van der Waals surface area contributed by atoms with Gasteiger partial charge in [0.15, 0.2) is 0 Å². The number of hydrogen-bond acceptors (Lipinski definition) is 2. The van der Waals surface area contributed by atoms with Gasteiger partial charge in [0.05, 0.1) is 12.6 Å². The average molecular weight is 276 g/mol. The number of hydrogen-bond donors (Lipinski definition) is 1. The second-order valence-corrected chi connectivity index (χ2v) is 4.26. The fraction of sp³-hybridized carbons (Fsp3) is 0.455. The first-order chi connectivity index (χ1) is 7.15. The van der Waals surface area contributed by atoms with Crippen LogP contribution in [-0.2, 0) is 4.74 Å². The molecule has 0 aliphatic carbocycles. The normalized spacial score (nSPS) is 12.8. The van der Waals surface area contributed by atoms with Gasteiger partial charge in [0, 0.05) is 16.6 Å². The SMILES string of the molecule is CCCOCC(N)c1cc(Br)ccc1F. The molecule has 0 aliphatic rings. The third-order valence-corrected chi connectivity index (χ3v) is 2.50. The molecular weight excluding hydrogens is 261 g/mol. The molecule has 0 heterocycles. The molecule has 1 aromatic rings. The topological polar surface area (TPSA) is 35.2 Å². The minimum absolute atomic E-state index is 0.286. The maximum atomic E-state index is 13.4. The summed E-state index contributed by atoms with van der Waals surface area (Å²) >= 11 is 3.28. The summed E-state index contributed by atoms with van der Waals surface area (Å²) in [6.45, 7) is 3.02. The zero-order valence-corrected chi connectivity index (χ0v) is 10.3. The summed E-state index contributed by atoms with van der Waals surface area (Å²) in [5.41, 5.74) is 6.31. The van der Waals surface area contributed by atoms with E-state index in [1.165, 1.54) is 6.07 Å². The van der Waals surface area contributed by atoms with Crippen LogP contribution in [0.2, 0.25) is 0 Å². The summed E-state index contributed by atoms with van der Waals surface area (Å²) in [6.07, 6.45) is 0.938. The lowest BCUT2D eigenvalue weighted by Gasteiger charge is -2.13. The van der Waals surface area contributed by atoms with Crippen LogP contribution in [0.4, 0.5) is 4.39 Å². The van der Waals surface area contributed by atoms with Gasteiger partial charge in [-0.15, -0.1) is 0 Å². The van der Waals surface area contributed by atoms with E-state index in [1.807, 2.05) is 6.92 Å². The van der Waals surface area contributed by atoms with Gasteiger partial charge in [-0.25, -0.2) is 4.39 Å². The van der Waals surface area contributed by atoms with Crippen molar-refractivity contribution in [1.82, 2.24) is 0 Å². The van der Waals surface area contributed by atoms with Gasteiger partial charge >= 0.3 is 0 Å². The summed E-state index contributed by atoms with van der Waals surface area (Å²) in [5.74, 6) is -0.286. The summed E-state index contributed by atoms with van der Waals surface area (Å²) < 4.78 is 19.5. The Morgan fingerprint density at radius 2 is 2.27 bits per heavy atom. The molecule has 15 heavy (non-hydrogen) atoms.